The van der Waals surface area contributed by atoms with Crippen LogP contribution in [0.1, 0.15) is 38.1 Å². The van der Waals surface area contributed by atoms with E-state index in [0.29, 0.717) is 37.7 Å². The number of nitrogens with one attached hydrogen (secondary N) is 1. The smallest absolute Gasteiger partial charge is 0.251 e. The monoisotopic (exact) mass is 411 g/mol. The van der Waals surface area contributed by atoms with Gasteiger partial charge in [-0.3, -0.25) is 9.69 Å². The lowest BCUT2D eigenvalue weighted by Gasteiger charge is -2.33. The second-order valence-electron chi connectivity index (χ2n) is 7.47. The molecule has 2 rings (SSSR count). The third-order valence-electron chi connectivity index (χ3n) is 4.80. The van der Waals surface area contributed by atoms with E-state index in [9.17, 15) is 13.2 Å². The van der Waals surface area contributed by atoms with Gasteiger partial charge in [0.05, 0.1) is 17.6 Å². The average Bonchev–Trinajstić information content (AvgIpc) is 2.67. The number of morpholine rings is 1. The Balaban J connectivity index is 1.93. The van der Waals surface area contributed by atoms with Crippen molar-refractivity contribution in [2.24, 2.45) is 5.92 Å². The number of carbonyl (C=O) groups excluding carboxylic acids is 1. The van der Waals surface area contributed by atoms with Gasteiger partial charge in [-0.05, 0) is 30.2 Å². The van der Waals surface area contributed by atoms with E-state index < -0.39 is 10.0 Å². The molecule has 0 radical (unpaired) electrons. The van der Waals surface area contributed by atoms with Crippen molar-refractivity contribution in [1.29, 1.82) is 0 Å². The molecule has 1 aromatic carbocycles. The van der Waals surface area contributed by atoms with Crippen molar-refractivity contribution in [1.82, 2.24) is 14.5 Å². The fourth-order valence-corrected chi connectivity index (χ4v) is 4.84. The van der Waals surface area contributed by atoms with Crippen LogP contribution in [0.3, 0.4) is 0 Å². The summed E-state index contributed by atoms with van der Waals surface area (Å²) in [5, 5.41) is 2.90. The largest absolute Gasteiger partial charge is 0.374 e. The number of hydrogen-bond acceptors (Lipinski definition) is 5. The Bertz CT molecular complexity index is 730. The van der Waals surface area contributed by atoms with E-state index in [4.69, 9.17) is 4.74 Å². The van der Waals surface area contributed by atoms with Gasteiger partial charge < -0.3 is 10.1 Å². The minimum absolute atomic E-state index is 0.0289. The third kappa shape index (κ3) is 6.01. The highest BCUT2D eigenvalue weighted by molar-refractivity contribution is 7.89. The number of carbonyl (C=O) groups is 1. The van der Waals surface area contributed by atoms with Crippen molar-refractivity contribution in [2.45, 2.75) is 38.7 Å². The van der Waals surface area contributed by atoms with Crippen LogP contribution >= 0.6 is 0 Å². The zero-order chi connectivity index (χ0) is 20.7. The molecule has 0 bridgehead atoms. The van der Waals surface area contributed by atoms with Gasteiger partial charge in [0.15, 0.2) is 0 Å². The molecule has 1 aliphatic heterocycles. The molecule has 0 unspecified atom stereocenters. The molecule has 0 spiro atoms. The van der Waals surface area contributed by atoms with Gasteiger partial charge in [-0.15, -0.1) is 0 Å². The molecule has 1 aromatic rings. The summed E-state index contributed by atoms with van der Waals surface area (Å²) in [6.45, 7) is 12.7. The van der Waals surface area contributed by atoms with Gasteiger partial charge in [0.25, 0.3) is 5.91 Å². The minimum atomic E-state index is -3.51. The molecule has 1 saturated heterocycles. The number of nitrogens with zero attached hydrogens (tertiary/aromatic N) is 2. The molecule has 1 aliphatic rings. The van der Waals surface area contributed by atoms with Crippen molar-refractivity contribution < 1.29 is 17.9 Å². The molecule has 1 fully saturated rings. The summed E-state index contributed by atoms with van der Waals surface area (Å²) in [6, 6.07) is 6.09. The van der Waals surface area contributed by atoms with Crippen LogP contribution < -0.4 is 5.32 Å². The van der Waals surface area contributed by atoms with E-state index in [1.807, 2.05) is 0 Å². The summed E-state index contributed by atoms with van der Waals surface area (Å²) < 4.78 is 32.2. The number of rotatable bonds is 9. The molecular weight excluding hydrogens is 378 g/mol. The highest BCUT2D eigenvalue weighted by Gasteiger charge is 2.23. The molecule has 1 atom stereocenters. The van der Waals surface area contributed by atoms with E-state index in [2.05, 4.69) is 24.1 Å². The number of benzene rings is 1. The van der Waals surface area contributed by atoms with Crippen LogP contribution in [0, 0.1) is 5.92 Å². The summed E-state index contributed by atoms with van der Waals surface area (Å²) in [5.74, 6) is 0.371. The van der Waals surface area contributed by atoms with Gasteiger partial charge in [-0.1, -0.05) is 27.7 Å². The topological polar surface area (TPSA) is 79.0 Å². The van der Waals surface area contributed by atoms with Crippen LogP contribution in [-0.2, 0) is 14.8 Å². The lowest BCUT2D eigenvalue weighted by Crippen LogP contribution is -2.48. The Morgan fingerprint density at radius 2 is 1.89 bits per heavy atom. The van der Waals surface area contributed by atoms with Gasteiger partial charge in [-0.2, -0.15) is 4.31 Å². The first-order valence-corrected chi connectivity index (χ1v) is 11.4. The second-order valence-corrected chi connectivity index (χ2v) is 9.41. The maximum Gasteiger partial charge on any atom is 0.251 e. The Hall–Kier alpha value is -1.48. The summed E-state index contributed by atoms with van der Waals surface area (Å²) in [6.07, 6.45) is -0.0289. The van der Waals surface area contributed by atoms with Crippen molar-refractivity contribution in [3.8, 4) is 0 Å². The average molecular weight is 412 g/mol. The molecule has 1 amide bonds. The SMILES string of the molecule is CCN(CC)S(=O)(=O)c1ccc(C(=O)NC[C@H]2CN(CC(C)C)CCO2)cc1. The highest BCUT2D eigenvalue weighted by atomic mass is 32.2. The van der Waals surface area contributed by atoms with Gasteiger partial charge in [0.2, 0.25) is 10.0 Å². The van der Waals surface area contributed by atoms with Crippen molar-refractivity contribution in [3.63, 3.8) is 0 Å². The normalized spacial score (nSPS) is 18.6. The summed E-state index contributed by atoms with van der Waals surface area (Å²) >= 11 is 0. The van der Waals surface area contributed by atoms with Crippen LogP contribution in [0.4, 0.5) is 0 Å². The molecule has 0 aliphatic carbocycles. The molecule has 0 saturated carbocycles. The Morgan fingerprint density at radius 3 is 2.46 bits per heavy atom. The lowest BCUT2D eigenvalue weighted by atomic mass is 10.1. The first-order chi connectivity index (χ1) is 13.3. The summed E-state index contributed by atoms with van der Waals surface area (Å²) in [7, 11) is -3.51. The summed E-state index contributed by atoms with van der Waals surface area (Å²) in [4.78, 5) is 15.0. The molecule has 158 valence electrons. The van der Waals surface area contributed by atoms with Crippen molar-refractivity contribution in [2.75, 3.05) is 45.9 Å². The first kappa shape index (κ1) is 22.8. The van der Waals surface area contributed by atoms with Gasteiger partial charge in [-0.25, -0.2) is 8.42 Å². The Kier molecular flexibility index (Phi) is 8.42. The van der Waals surface area contributed by atoms with E-state index >= 15 is 0 Å². The molecule has 8 heteroatoms. The van der Waals surface area contributed by atoms with Crippen LogP contribution in [-0.4, -0.2) is 75.5 Å². The maximum atomic E-state index is 12.5. The number of hydrogen-bond donors (Lipinski definition) is 1. The van der Waals surface area contributed by atoms with E-state index in [1.165, 1.54) is 16.4 Å². The molecule has 7 nitrogen and oxygen atoms in total. The zero-order valence-electron chi connectivity index (χ0n) is 17.3. The van der Waals surface area contributed by atoms with E-state index in [0.717, 1.165) is 19.6 Å². The third-order valence-corrected chi connectivity index (χ3v) is 6.86. The second kappa shape index (κ2) is 10.3. The van der Waals surface area contributed by atoms with Crippen LogP contribution in [0.5, 0.6) is 0 Å². The molecule has 0 aromatic heterocycles. The standard InChI is InChI=1S/C20H33N3O4S/c1-5-23(6-2)28(25,26)19-9-7-17(8-10-19)20(24)21-13-18-15-22(11-12-27-18)14-16(3)4/h7-10,16,18H,5-6,11-15H2,1-4H3,(H,21,24)/t18-/m0/s1. The van der Waals surface area contributed by atoms with Crippen LogP contribution in [0.15, 0.2) is 29.2 Å². The maximum absolute atomic E-state index is 12.5. The van der Waals surface area contributed by atoms with Gasteiger partial charge >= 0.3 is 0 Å². The fraction of sp³-hybridized carbons (Fsp3) is 0.650. The van der Waals surface area contributed by atoms with E-state index in [-0.39, 0.29) is 16.9 Å². The molecule has 1 heterocycles. The molecule has 28 heavy (non-hydrogen) atoms. The number of sulfonamides is 1. The Labute approximate surface area is 169 Å². The first-order valence-electron chi connectivity index (χ1n) is 10.00. The van der Waals surface area contributed by atoms with E-state index in [1.54, 1.807) is 26.0 Å². The number of amides is 1. The quantitative estimate of drug-likeness (QED) is 0.670. The van der Waals surface area contributed by atoms with Crippen molar-refractivity contribution in [3.05, 3.63) is 29.8 Å². The molecular formula is C20H33N3O4S. The van der Waals surface area contributed by atoms with Crippen molar-refractivity contribution >= 4 is 15.9 Å². The minimum Gasteiger partial charge on any atom is -0.374 e. The van der Waals surface area contributed by atoms with Gasteiger partial charge in [0.1, 0.15) is 0 Å². The zero-order valence-corrected chi connectivity index (χ0v) is 18.2. The van der Waals surface area contributed by atoms with Crippen LogP contribution in [0.25, 0.3) is 0 Å². The molecule has 1 N–H and O–H groups in total. The lowest BCUT2D eigenvalue weighted by molar-refractivity contribution is -0.0295. The predicted molar refractivity (Wildman–Crippen MR) is 110 cm³/mol. The van der Waals surface area contributed by atoms with Crippen LogP contribution in [0.2, 0.25) is 0 Å². The highest BCUT2D eigenvalue weighted by Crippen LogP contribution is 2.16. The summed E-state index contributed by atoms with van der Waals surface area (Å²) in [5.41, 5.74) is 0.438. The van der Waals surface area contributed by atoms with Gasteiger partial charge in [0, 0.05) is 44.8 Å². The number of ether oxygens (including phenoxy) is 1. The fourth-order valence-electron chi connectivity index (χ4n) is 3.39. The predicted octanol–water partition coefficient (Wildman–Crippen LogP) is 1.80. The Morgan fingerprint density at radius 1 is 1.25 bits per heavy atom.